The first-order valence-corrected chi connectivity index (χ1v) is 6.14. The van der Waals surface area contributed by atoms with Crippen LogP contribution in [0.25, 0.3) is 0 Å². The van der Waals surface area contributed by atoms with E-state index in [-0.39, 0.29) is 5.75 Å². The van der Waals surface area contributed by atoms with Crippen LogP contribution in [0.5, 0.6) is 5.75 Å². The predicted octanol–water partition coefficient (Wildman–Crippen LogP) is 1.15. The molecule has 0 saturated carbocycles. The minimum Gasteiger partial charge on any atom is -0.508 e. The van der Waals surface area contributed by atoms with E-state index in [1.807, 2.05) is 0 Å². The van der Waals surface area contributed by atoms with Crippen molar-refractivity contribution in [1.82, 2.24) is 15.3 Å². The Hall–Kier alpha value is -2.34. The zero-order valence-electron chi connectivity index (χ0n) is 10.3. The lowest BCUT2D eigenvalue weighted by Gasteiger charge is -2.18. The Morgan fingerprint density at radius 1 is 1.21 bits per heavy atom. The van der Waals surface area contributed by atoms with Crippen LogP contribution in [0, 0.1) is 0 Å². The quantitative estimate of drug-likeness (QED) is 0.603. The smallest absolute Gasteiger partial charge is 0.229 e. The Bertz CT molecular complexity index is 597. The number of hydrogen-bond donors (Lipinski definition) is 4. The van der Waals surface area contributed by atoms with Gasteiger partial charge in [0.1, 0.15) is 11.6 Å². The third-order valence-corrected chi connectivity index (χ3v) is 3.09. The van der Waals surface area contributed by atoms with Crippen molar-refractivity contribution in [2.45, 2.75) is 13.0 Å². The third kappa shape index (κ3) is 2.43. The highest BCUT2D eigenvalue weighted by Gasteiger charge is 2.15. The van der Waals surface area contributed by atoms with E-state index in [0.717, 1.165) is 29.9 Å². The van der Waals surface area contributed by atoms with Crippen molar-refractivity contribution in [2.24, 2.45) is 0 Å². The molecule has 5 N–H and O–H groups in total. The van der Waals surface area contributed by atoms with Gasteiger partial charge in [-0.25, -0.2) is 4.98 Å². The van der Waals surface area contributed by atoms with Gasteiger partial charge in [0.05, 0.1) is 5.69 Å². The van der Waals surface area contributed by atoms with Crippen molar-refractivity contribution in [3.05, 3.63) is 35.5 Å². The number of aromatic nitrogens is 2. The van der Waals surface area contributed by atoms with E-state index in [9.17, 15) is 5.11 Å². The molecule has 2 aromatic rings. The van der Waals surface area contributed by atoms with Crippen LogP contribution in [0.1, 0.15) is 11.3 Å². The summed E-state index contributed by atoms with van der Waals surface area (Å²) in [6.45, 7) is 1.62. The number of rotatable bonds is 2. The van der Waals surface area contributed by atoms with Crippen molar-refractivity contribution in [3.63, 3.8) is 0 Å². The fourth-order valence-corrected chi connectivity index (χ4v) is 2.12. The Balaban J connectivity index is 1.89. The van der Waals surface area contributed by atoms with Crippen LogP contribution in [0.3, 0.4) is 0 Å². The summed E-state index contributed by atoms with van der Waals surface area (Å²) in [6.07, 6.45) is 0.862. The van der Waals surface area contributed by atoms with Crippen LogP contribution < -0.4 is 16.4 Å². The molecule has 0 saturated heterocycles. The Labute approximate surface area is 110 Å². The molecular formula is C13H15N5O. The monoisotopic (exact) mass is 257 g/mol. The van der Waals surface area contributed by atoms with Gasteiger partial charge in [-0.05, 0) is 37.2 Å². The average molecular weight is 257 g/mol. The van der Waals surface area contributed by atoms with Gasteiger partial charge >= 0.3 is 0 Å². The number of phenolic OH excluding ortho intramolecular Hbond substituents is 1. The molecule has 6 heteroatoms. The molecule has 0 aliphatic carbocycles. The average Bonchev–Trinajstić information content (AvgIpc) is 2.42. The Kier molecular flexibility index (Phi) is 2.92. The number of anilines is 3. The van der Waals surface area contributed by atoms with E-state index in [1.165, 1.54) is 0 Å². The number of benzene rings is 1. The summed E-state index contributed by atoms with van der Waals surface area (Å²) in [6, 6.07) is 6.72. The highest BCUT2D eigenvalue weighted by Crippen LogP contribution is 2.22. The van der Waals surface area contributed by atoms with Crippen LogP contribution in [0.2, 0.25) is 0 Å². The van der Waals surface area contributed by atoms with Gasteiger partial charge in [0.15, 0.2) is 0 Å². The Morgan fingerprint density at radius 2 is 2.00 bits per heavy atom. The van der Waals surface area contributed by atoms with Crippen molar-refractivity contribution in [1.29, 1.82) is 0 Å². The number of aromatic hydroxyl groups is 1. The lowest BCUT2D eigenvalue weighted by Crippen LogP contribution is -2.26. The number of hydrogen-bond acceptors (Lipinski definition) is 6. The zero-order chi connectivity index (χ0) is 13.2. The summed E-state index contributed by atoms with van der Waals surface area (Å²) >= 11 is 0. The van der Waals surface area contributed by atoms with Gasteiger partial charge in [0.2, 0.25) is 5.95 Å². The Morgan fingerprint density at radius 3 is 2.79 bits per heavy atom. The molecule has 3 rings (SSSR count). The largest absolute Gasteiger partial charge is 0.508 e. The van der Waals surface area contributed by atoms with Gasteiger partial charge in [0.25, 0.3) is 0 Å². The lowest BCUT2D eigenvalue weighted by molar-refractivity contribution is 0.475. The summed E-state index contributed by atoms with van der Waals surface area (Å²) < 4.78 is 0. The van der Waals surface area contributed by atoms with E-state index in [4.69, 9.17) is 5.73 Å². The maximum Gasteiger partial charge on any atom is 0.229 e. The SMILES string of the molecule is Nc1nc(Nc2ccc(O)cc2)nc2c1CCNC2. The van der Waals surface area contributed by atoms with Crippen molar-refractivity contribution >= 4 is 17.5 Å². The molecule has 0 spiro atoms. The first-order chi connectivity index (χ1) is 9.22. The van der Waals surface area contributed by atoms with E-state index in [0.29, 0.717) is 18.3 Å². The second-order valence-corrected chi connectivity index (χ2v) is 4.46. The topological polar surface area (TPSA) is 96.1 Å². The van der Waals surface area contributed by atoms with Crippen molar-refractivity contribution in [3.8, 4) is 5.75 Å². The van der Waals surface area contributed by atoms with E-state index in [1.54, 1.807) is 24.3 Å². The number of nitrogen functional groups attached to an aromatic ring is 1. The number of nitrogens with one attached hydrogen (secondary N) is 2. The highest BCUT2D eigenvalue weighted by molar-refractivity contribution is 5.57. The summed E-state index contributed by atoms with van der Waals surface area (Å²) in [7, 11) is 0. The van der Waals surface area contributed by atoms with Crippen molar-refractivity contribution < 1.29 is 5.11 Å². The van der Waals surface area contributed by atoms with Gasteiger partial charge in [-0.1, -0.05) is 0 Å². The molecule has 0 amide bonds. The second-order valence-electron chi connectivity index (χ2n) is 4.46. The van der Waals surface area contributed by atoms with E-state index < -0.39 is 0 Å². The molecule has 1 aliphatic heterocycles. The molecule has 0 fully saturated rings. The molecule has 0 bridgehead atoms. The molecule has 0 radical (unpaired) electrons. The maximum atomic E-state index is 9.24. The number of nitrogens with zero attached hydrogens (tertiary/aromatic N) is 2. The van der Waals surface area contributed by atoms with Crippen LogP contribution in [0.15, 0.2) is 24.3 Å². The second kappa shape index (κ2) is 4.74. The normalized spacial score (nSPS) is 13.9. The molecule has 6 nitrogen and oxygen atoms in total. The summed E-state index contributed by atoms with van der Waals surface area (Å²) in [5.41, 5.74) is 8.75. The fraction of sp³-hybridized carbons (Fsp3) is 0.231. The molecule has 19 heavy (non-hydrogen) atoms. The van der Waals surface area contributed by atoms with Crippen LogP contribution in [0.4, 0.5) is 17.5 Å². The summed E-state index contributed by atoms with van der Waals surface area (Å²) in [4.78, 5) is 8.73. The number of nitrogens with two attached hydrogens (primary N) is 1. The first-order valence-electron chi connectivity index (χ1n) is 6.14. The van der Waals surface area contributed by atoms with E-state index >= 15 is 0 Å². The zero-order valence-corrected chi connectivity index (χ0v) is 10.3. The molecule has 1 aliphatic rings. The molecule has 0 unspecified atom stereocenters. The fourth-order valence-electron chi connectivity index (χ4n) is 2.12. The van der Waals surface area contributed by atoms with Crippen LogP contribution in [-0.2, 0) is 13.0 Å². The molecular weight excluding hydrogens is 242 g/mol. The molecule has 0 atom stereocenters. The van der Waals surface area contributed by atoms with Crippen molar-refractivity contribution in [2.75, 3.05) is 17.6 Å². The lowest BCUT2D eigenvalue weighted by atomic mass is 10.1. The van der Waals surface area contributed by atoms with Crippen LogP contribution in [-0.4, -0.2) is 21.6 Å². The molecule has 1 aromatic carbocycles. The number of fused-ring (bicyclic) bond motifs is 1. The molecule has 1 aromatic heterocycles. The maximum absolute atomic E-state index is 9.24. The summed E-state index contributed by atoms with van der Waals surface area (Å²) in [5.74, 6) is 1.24. The highest BCUT2D eigenvalue weighted by atomic mass is 16.3. The number of phenols is 1. The first kappa shape index (κ1) is 11.7. The third-order valence-electron chi connectivity index (χ3n) is 3.09. The van der Waals surface area contributed by atoms with Gasteiger partial charge < -0.3 is 21.5 Å². The van der Waals surface area contributed by atoms with Gasteiger partial charge in [-0.3, -0.25) is 0 Å². The summed E-state index contributed by atoms with van der Waals surface area (Å²) in [5, 5.41) is 15.6. The standard InChI is InChI=1S/C13H15N5O/c14-12-10-5-6-15-7-11(10)17-13(18-12)16-8-1-3-9(19)4-2-8/h1-4,15,19H,5-7H2,(H3,14,16,17,18). The van der Waals surface area contributed by atoms with E-state index in [2.05, 4.69) is 20.6 Å². The molecule has 2 heterocycles. The predicted molar refractivity (Wildman–Crippen MR) is 73.2 cm³/mol. The minimum absolute atomic E-state index is 0.223. The van der Waals surface area contributed by atoms with Gasteiger partial charge in [-0.15, -0.1) is 0 Å². The minimum atomic E-state index is 0.223. The van der Waals surface area contributed by atoms with Gasteiger partial charge in [0, 0.05) is 17.8 Å². The van der Waals surface area contributed by atoms with Crippen LogP contribution >= 0.6 is 0 Å². The molecule has 98 valence electrons. The van der Waals surface area contributed by atoms with Gasteiger partial charge in [-0.2, -0.15) is 4.98 Å².